The predicted octanol–water partition coefficient (Wildman–Crippen LogP) is 1.93. The van der Waals surface area contributed by atoms with Crippen molar-refractivity contribution < 1.29 is 9.50 Å². The fraction of sp³-hybridized carbons (Fsp3) is 0.286. The normalized spacial score (nSPS) is 22.3. The maximum absolute atomic E-state index is 12.9. The Labute approximate surface area is 110 Å². The van der Waals surface area contributed by atoms with Gasteiger partial charge in [-0.25, -0.2) is 9.38 Å². The van der Waals surface area contributed by atoms with Gasteiger partial charge in [0.1, 0.15) is 11.9 Å². The van der Waals surface area contributed by atoms with E-state index in [1.165, 1.54) is 12.1 Å². The van der Waals surface area contributed by atoms with E-state index >= 15 is 0 Å². The fourth-order valence-corrected chi connectivity index (χ4v) is 1.75. The Morgan fingerprint density at radius 2 is 2.00 bits per heavy atom. The van der Waals surface area contributed by atoms with Gasteiger partial charge < -0.3 is 10.4 Å². The van der Waals surface area contributed by atoms with Crippen LogP contribution in [0.4, 0.5) is 4.39 Å². The molecule has 1 atom stereocenters. The zero-order valence-electron chi connectivity index (χ0n) is 10.7. The van der Waals surface area contributed by atoms with Gasteiger partial charge in [-0.05, 0) is 36.3 Å². The summed E-state index contributed by atoms with van der Waals surface area (Å²) in [7, 11) is 0. The van der Waals surface area contributed by atoms with Gasteiger partial charge in [0.15, 0.2) is 0 Å². The van der Waals surface area contributed by atoms with Gasteiger partial charge in [0.2, 0.25) is 0 Å². The maximum Gasteiger partial charge on any atom is 0.327 e. The van der Waals surface area contributed by atoms with Crippen LogP contribution < -0.4 is 5.32 Å². The molecule has 0 fully saturated rings. The van der Waals surface area contributed by atoms with Gasteiger partial charge in [0.25, 0.3) is 0 Å². The van der Waals surface area contributed by atoms with Gasteiger partial charge in [0.05, 0.1) is 5.71 Å². The van der Waals surface area contributed by atoms with Crippen LogP contribution in [0.15, 0.2) is 41.0 Å². The number of aliphatic hydroxyl groups is 1. The third kappa shape index (κ3) is 2.80. The second-order valence-electron chi connectivity index (χ2n) is 4.67. The van der Waals surface area contributed by atoms with Gasteiger partial charge in [-0.3, -0.25) is 0 Å². The second kappa shape index (κ2) is 4.82. The van der Waals surface area contributed by atoms with Crippen LogP contribution in [-0.2, 0) is 0 Å². The molecule has 2 N–H and O–H groups in total. The average Bonchev–Trinajstić information content (AvgIpc) is 2.39. The molecule has 2 rings (SSSR count). The highest BCUT2D eigenvalue weighted by molar-refractivity contribution is 6.09. The van der Waals surface area contributed by atoms with Crippen molar-refractivity contribution in [3.8, 4) is 6.07 Å². The van der Waals surface area contributed by atoms with Crippen LogP contribution in [0, 0.1) is 23.1 Å². The number of rotatable bonds is 2. The van der Waals surface area contributed by atoms with Gasteiger partial charge in [0, 0.05) is 11.3 Å². The van der Waals surface area contributed by atoms with Crippen molar-refractivity contribution in [2.75, 3.05) is 0 Å². The number of allylic oxidation sites excluding steroid dienone is 2. The molecule has 19 heavy (non-hydrogen) atoms. The monoisotopic (exact) mass is 259 g/mol. The summed E-state index contributed by atoms with van der Waals surface area (Å²) >= 11 is 0. The lowest BCUT2D eigenvalue weighted by Crippen LogP contribution is -2.45. The Hall–Kier alpha value is -2.19. The Bertz CT molecular complexity index is 584. The molecule has 1 aromatic carbocycles. The van der Waals surface area contributed by atoms with Crippen molar-refractivity contribution in [2.45, 2.75) is 19.7 Å². The molecule has 0 saturated carbocycles. The molecule has 0 amide bonds. The average molecular weight is 259 g/mol. The van der Waals surface area contributed by atoms with E-state index < -0.39 is 5.85 Å². The smallest absolute Gasteiger partial charge is 0.327 e. The number of nitriles is 1. The summed E-state index contributed by atoms with van der Waals surface area (Å²) < 4.78 is 12.9. The molecular weight excluding hydrogens is 245 g/mol. The van der Waals surface area contributed by atoms with E-state index in [0.717, 1.165) is 0 Å². The van der Waals surface area contributed by atoms with Gasteiger partial charge in [-0.1, -0.05) is 13.8 Å². The number of benzene rings is 1. The van der Waals surface area contributed by atoms with E-state index in [9.17, 15) is 9.50 Å². The first kappa shape index (κ1) is 13.2. The van der Waals surface area contributed by atoms with Crippen molar-refractivity contribution in [1.82, 2.24) is 5.32 Å². The van der Waals surface area contributed by atoms with Gasteiger partial charge in [-0.15, -0.1) is 0 Å². The first-order valence-corrected chi connectivity index (χ1v) is 5.93. The number of hydrogen-bond acceptors (Lipinski definition) is 4. The molecular formula is C14H14FN3O. The summed E-state index contributed by atoms with van der Waals surface area (Å²) in [6.45, 7) is 3.87. The van der Waals surface area contributed by atoms with Crippen LogP contribution in [0.5, 0.6) is 0 Å². The van der Waals surface area contributed by atoms with Crippen LogP contribution in [0.1, 0.15) is 19.4 Å². The summed E-state index contributed by atoms with van der Waals surface area (Å²) in [5.41, 5.74) is 1.81. The van der Waals surface area contributed by atoms with Crippen LogP contribution in [0.3, 0.4) is 0 Å². The molecule has 1 aliphatic heterocycles. The Morgan fingerprint density at radius 1 is 1.37 bits per heavy atom. The minimum absolute atomic E-state index is 0.103. The Balaban J connectivity index is 2.47. The first-order chi connectivity index (χ1) is 8.93. The fourth-order valence-electron chi connectivity index (χ4n) is 1.75. The highest BCUT2D eigenvalue weighted by atomic mass is 19.1. The standard InChI is InChI=1S/C14H14FN3O/c1-9(2)12-7-13(18-14(19,8-16)17-12)10-3-5-11(15)6-4-10/h3-7,9,17,19H,1-2H3. The molecule has 0 radical (unpaired) electrons. The van der Waals surface area contributed by atoms with Crippen molar-refractivity contribution in [3.05, 3.63) is 47.4 Å². The maximum atomic E-state index is 12.9. The Morgan fingerprint density at radius 3 is 2.53 bits per heavy atom. The quantitative estimate of drug-likeness (QED) is 0.797. The lowest BCUT2D eigenvalue weighted by molar-refractivity contribution is 0.0784. The first-order valence-electron chi connectivity index (χ1n) is 5.93. The van der Waals surface area contributed by atoms with Crippen LogP contribution in [-0.4, -0.2) is 16.7 Å². The van der Waals surface area contributed by atoms with E-state index in [2.05, 4.69) is 10.3 Å². The predicted molar refractivity (Wildman–Crippen MR) is 69.6 cm³/mol. The third-order valence-corrected chi connectivity index (χ3v) is 2.81. The molecule has 1 aromatic rings. The molecule has 0 bridgehead atoms. The molecule has 0 aliphatic carbocycles. The number of halogens is 1. The second-order valence-corrected chi connectivity index (χ2v) is 4.67. The molecule has 1 heterocycles. The number of nitrogens with one attached hydrogen (secondary N) is 1. The summed E-state index contributed by atoms with van der Waals surface area (Å²) in [4.78, 5) is 3.97. The van der Waals surface area contributed by atoms with Crippen molar-refractivity contribution in [3.63, 3.8) is 0 Å². The van der Waals surface area contributed by atoms with Crippen molar-refractivity contribution >= 4 is 5.71 Å². The molecule has 0 aromatic heterocycles. The summed E-state index contributed by atoms with van der Waals surface area (Å²) in [5.74, 6) is -2.22. The molecule has 1 unspecified atom stereocenters. The summed E-state index contributed by atoms with van der Waals surface area (Å²) in [6.07, 6.45) is 1.75. The molecule has 4 nitrogen and oxygen atoms in total. The molecule has 5 heteroatoms. The van der Waals surface area contributed by atoms with Crippen LogP contribution in [0.2, 0.25) is 0 Å². The van der Waals surface area contributed by atoms with E-state index in [4.69, 9.17) is 5.26 Å². The molecule has 1 aliphatic rings. The van der Waals surface area contributed by atoms with Crippen molar-refractivity contribution in [1.29, 1.82) is 5.26 Å². The van der Waals surface area contributed by atoms with Gasteiger partial charge in [-0.2, -0.15) is 5.26 Å². The zero-order valence-corrected chi connectivity index (χ0v) is 10.7. The van der Waals surface area contributed by atoms with Crippen molar-refractivity contribution in [2.24, 2.45) is 10.9 Å². The lowest BCUT2D eigenvalue weighted by Gasteiger charge is -2.27. The lowest BCUT2D eigenvalue weighted by atomic mass is 10.0. The highest BCUT2D eigenvalue weighted by Gasteiger charge is 2.31. The van der Waals surface area contributed by atoms with Gasteiger partial charge >= 0.3 is 5.85 Å². The number of hydrogen-bond donors (Lipinski definition) is 2. The minimum atomic E-state index is -1.97. The van der Waals surface area contributed by atoms with E-state index in [0.29, 0.717) is 17.0 Å². The minimum Gasteiger partial charge on any atom is -0.341 e. The molecule has 98 valence electrons. The third-order valence-electron chi connectivity index (χ3n) is 2.81. The zero-order chi connectivity index (χ0) is 14.0. The summed E-state index contributed by atoms with van der Waals surface area (Å²) in [6, 6.07) is 7.47. The Kier molecular flexibility index (Phi) is 3.36. The number of nitrogens with zero attached hydrogens (tertiary/aromatic N) is 2. The van der Waals surface area contributed by atoms with E-state index in [1.807, 2.05) is 13.8 Å². The largest absolute Gasteiger partial charge is 0.341 e. The summed E-state index contributed by atoms with van der Waals surface area (Å²) in [5, 5.41) is 21.7. The number of aliphatic imine (C=N–C) groups is 1. The van der Waals surface area contributed by atoms with Crippen LogP contribution in [0.25, 0.3) is 0 Å². The van der Waals surface area contributed by atoms with E-state index in [-0.39, 0.29) is 11.7 Å². The topological polar surface area (TPSA) is 68.4 Å². The highest BCUT2D eigenvalue weighted by Crippen LogP contribution is 2.20. The van der Waals surface area contributed by atoms with Crippen LogP contribution >= 0.6 is 0 Å². The SMILES string of the molecule is CC(C)C1=CC(c2ccc(F)cc2)=NC(O)(C#N)N1. The van der Waals surface area contributed by atoms with E-state index in [1.54, 1.807) is 24.3 Å². The molecule has 0 saturated heterocycles. The molecule has 0 spiro atoms.